The third-order valence-corrected chi connectivity index (χ3v) is 2.86. The predicted octanol–water partition coefficient (Wildman–Crippen LogP) is 2.19. The first kappa shape index (κ1) is 11.0. The number of ether oxygens (including phenoxy) is 1. The summed E-state index contributed by atoms with van der Waals surface area (Å²) in [6.07, 6.45) is 5.52. The van der Waals surface area contributed by atoms with Crippen LogP contribution in [0.4, 0.5) is 0 Å². The van der Waals surface area contributed by atoms with Gasteiger partial charge >= 0.3 is 0 Å². The second-order valence-electron chi connectivity index (χ2n) is 3.92. The molecular weight excluding hydrogens is 162 g/mol. The average molecular weight is 185 g/mol. The minimum absolute atomic E-state index is 0.522. The molecule has 13 heavy (non-hydrogen) atoms. The van der Waals surface area contributed by atoms with E-state index in [0.29, 0.717) is 6.10 Å². The number of rotatable bonds is 6. The summed E-state index contributed by atoms with van der Waals surface area (Å²) in [6.45, 7) is 7.74. The molecule has 0 aromatic carbocycles. The first-order valence-corrected chi connectivity index (χ1v) is 5.70. The number of hydrogen-bond acceptors (Lipinski definition) is 2. The van der Waals surface area contributed by atoms with Crippen LogP contribution in [0.1, 0.15) is 39.5 Å². The molecule has 1 N–H and O–H groups in total. The molecule has 0 aliphatic carbocycles. The Balaban J connectivity index is 2.06. The number of unbranched alkanes of at least 4 members (excludes halogenated alkanes) is 1. The molecule has 0 bridgehead atoms. The van der Waals surface area contributed by atoms with Gasteiger partial charge in [0, 0.05) is 13.2 Å². The Labute approximate surface area is 82.0 Å². The Bertz CT molecular complexity index is 127. The lowest BCUT2D eigenvalue weighted by Gasteiger charge is -2.16. The molecular formula is C11H23NO. The lowest BCUT2D eigenvalue weighted by atomic mass is 10.00. The van der Waals surface area contributed by atoms with Crippen LogP contribution in [0.25, 0.3) is 0 Å². The van der Waals surface area contributed by atoms with E-state index in [9.17, 15) is 0 Å². The van der Waals surface area contributed by atoms with E-state index < -0.39 is 0 Å². The lowest BCUT2D eigenvalue weighted by Crippen LogP contribution is -2.28. The molecule has 0 amide bonds. The quantitative estimate of drug-likeness (QED) is 0.640. The maximum atomic E-state index is 5.63. The van der Waals surface area contributed by atoms with Crippen molar-refractivity contribution in [1.29, 1.82) is 0 Å². The lowest BCUT2D eigenvalue weighted by molar-refractivity contribution is 0.0873. The van der Waals surface area contributed by atoms with Crippen LogP contribution in [-0.2, 0) is 4.74 Å². The van der Waals surface area contributed by atoms with Gasteiger partial charge in [-0.3, -0.25) is 0 Å². The van der Waals surface area contributed by atoms with Crippen molar-refractivity contribution in [2.75, 3.05) is 19.7 Å². The third-order valence-electron chi connectivity index (χ3n) is 2.86. The van der Waals surface area contributed by atoms with Gasteiger partial charge in [0.1, 0.15) is 0 Å². The normalized spacial score (nSPS) is 28.2. The molecule has 2 nitrogen and oxygen atoms in total. The smallest absolute Gasteiger partial charge is 0.0613 e. The highest BCUT2D eigenvalue weighted by Gasteiger charge is 2.25. The molecule has 1 aliphatic heterocycles. The van der Waals surface area contributed by atoms with Crippen LogP contribution in [0.15, 0.2) is 0 Å². The molecule has 0 aromatic rings. The molecule has 2 heteroatoms. The number of nitrogens with one attached hydrogen (secondary N) is 1. The van der Waals surface area contributed by atoms with Gasteiger partial charge in [0.2, 0.25) is 0 Å². The van der Waals surface area contributed by atoms with Gasteiger partial charge in [-0.15, -0.1) is 0 Å². The minimum Gasteiger partial charge on any atom is -0.378 e. The zero-order valence-corrected chi connectivity index (χ0v) is 9.01. The van der Waals surface area contributed by atoms with Gasteiger partial charge in [0.15, 0.2) is 0 Å². The van der Waals surface area contributed by atoms with Crippen LogP contribution in [0.3, 0.4) is 0 Å². The summed E-state index contributed by atoms with van der Waals surface area (Å²) in [5, 5.41) is 3.51. The van der Waals surface area contributed by atoms with Gasteiger partial charge in [0.25, 0.3) is 0 Å². The van der Waals surface area contributed by atoms with Gasteiger partial charge in [0.05, 0.1) is 6.10 Å². The summed E-state index contributed by atoms with van der Waals surface area (Å²) < 4.78 is 5.63. The van der Waals surface area contributed by atoms with E-state index in [-0.39, 0.29) is 0 Å². The highest BCUT2D eigenvalue weighted by atomic mass is 16.5. The van der Waals surface area contributed by atoms with Crippen molar-refractivity contribution in [2.24, 2.45) is 5.92 Å². The fraction of sp³-hybridized carbons (Fsp3) is 1.00. The maximum Gasteiger partial charge on any atom is 0.0613 e. The van der Waals surface area contributed by atoms with Crippen molar-refractivity contribution in [2.45, 2.75) is 45.6 Å². The first-order chi connectivity index (χ1) is 6.38. The molecule has 0 saturated carbocycles. The Hall–Kier alpha value is -0.0800. The Morgan fingerprint density at radius 3 is 2.92 bits per heavy atom. The zero-order valence-electron chi connectivity index (χ0n) is 9.01. The van der Waals surface area contributed by atoms with E-state index in [1.165, 1.54) is 32.2 Å². The second kappa shape index (κ2) is 6.39. The van der Waals surface area contributed by atoms with Gasteiger partial charge in [-0.05, 0) is 31.7 Å². The zero-order chi connectivity index (χ0) is 9.52. The average Bonchev–Trinajstić information content (AvgIpc) is 2.60. The van der Waals surface area contributed by atoms with Crippen LogP contribution >= 0.6 is 0 Å². The van der Waals surface area contributed by atoms with Crippen LogP contribution < -0.4 is 5.32 Å². The molecule has 0 aromatic heterocycles. The summed E-state index contributed by atoms with van der Waals surface area (Å²) in [5.41, 5.74) is 0. The van der Waals surface area contributed by atoms with Crippen molar-refractivity contribution >= 4 is 0 Å². The number of hydrogen-bond donors (Lipinski definition) is 1. The molecule has 1 rings (SSSR count). The summed E-state index contributed by atoms with van der Waals surface area (Å²) in [4.78, 5) is 0. The van der Waals surface area contributed by atoms with E-state index in [1.54, 1.807) is 0 Å². The predicted molar refractivity (Wildman–Crippen MR) is 55.9 cm³/mol. The Morgan fingerprint density at radius 1 is 1.38 bits per heavy atom. The molecule has 0 radical (unpaired) electrons. The third kappa shape index (κ3) is 3.65. The molecule has 78 valence electrons. The fourth-order valence-electron chi connectivity index (χ4n) is 1.97. The topological polar surface area (TPSA) is 21.3 Å². The van der Waals surface area contributed by atoms with Crippen molar-refractivity contribution < 1.29 is 4.74 Å². The van der Waals surface area contributed by atoms with Crippen molar-refractivity contribution in [3.8, 4) is 0 Å². The highest BCUT2D eigenvalue weighted by Crippen LogP contribution is 2.22. The van der Waals surface area contributed by atoms with Crippen molar-refractivity contribution in [1.82, 2.24) is 5.32 Å². The summed E-state index contributed by atoms with van der Waals surface area (Å²) >= 11 is 0. The standard InChI is InChI=1S/C11H23NO/c1-3-5-7-12-9-10-6-8-13-11(10)4-2/h10-12H,3-9H2,1-2H3. The SMILES string of the molecule is CCCCNCC1CCOC1CC. The van der Waals surface area contributed by atoms with Gasteiger partial charge in [-0.2, -0.15) is 0 Å². The minimum atomic E-state index is 0.522. The molecule has 1 fully saturated rings. The molecule has 1 saturated heterocycles. The van der Waals surface area contributed by atoms with Crippen molar-refractivity contribution in [3.05, 3.63) is 0 Å². The van der Waals surface area contributed by atoms with E-state index in [4.69, 9.17) is 4.74 Å². The van der Waals surface area contributed by atoms with Crippen LogP contribution in [0, 0.1) is 5.92 Å². The molecule has 2 atom stereocenters. The van der Waals surface area contributed by atoms with Gasteiger partial charge < -0.3 is 10.1 Å². The Morgan fingerprint density at radius 2 is 2.23 bits per heavy atom. The van der Waals surface area contributed by atoms with E-state index >= 15 is 0 Å². The van der Waals surface area contributed by atoms with Crippen molar-refractivity contribution in [3.63, 3.8) is 0 Å². The molecule has 1 aliphatic rings. The summed E-state index contributed by atoms with van der Waals surface area (Å²) in [5.74, 6) is 0.766. The maximum absolute atomic E-state index is 5.63. The van der Waals surface area contributed by atoms with E-state index in [1.807, 2.05) is 0 Å². The van der Waals surface area contributed by atoms with Crippen LogP contribution in [-0.4, -0.2) is 25.8 Å². The van der Waals surface area contributed by atoms with E-state index in [2.05, 4.69) is 19.2 Å². The summed E-state index contributed by atoms with van der Waals surface area (Å²) in [6, 6.07) is 0. The van der Waals surface area contributed by atoms with Crippen LogP contribution in [0.5, 0.6) is 0 Å². The molecule has 1 heterocycles. The first-order valence-electron chi connectivity index (χ1n) is 5.70. The van der Waals surface area contributed by atoms with E-state index in [0.717, 1.165) is 19.1 Å². The molecule has 0 spiro atoms. The fourth-order valence-corrected chi connectivity index (χ4v) is 1.97. The Kier molecular flexibility index (Phi) is 5.40. The van der Waals surface area contributed by atoms with Gasteiger partial charge in [-0.1, -0.05) is 20.3 Å². The van der Waals surface area contributed by atoms with Gasteiger partial charge in [-0.25, -0.2) is 0 Å². The molecule has 2 unspecified atom stereocenters. The monoisotopic (exact) mass is 185 g/mol. The summed E-state index contributed by atoms with van der Waals surface area (Å²) in [7, 11) is 0. The largest absolute Gasteiger partial charge is 0.378 e. The highest BCUT2D eigenvalue weighted by molar-refractivity contribution is 4.76. The second-order valence-corrected chi connectivity index (χ2v) is 3.92. The van der Waals surface area contributed by atoms with Crippen LogP contribution in [0.2, 0.25) is 0 Å².